The maximum Gasteiger partial charge on any atom is 0.338 e. The molecule has 5 rings (SSSR count). The van der Waals surface area contributed by atoms with E-state index in [0.717, 1.165) is 35.2 Å². The Morgan fingerprint density at radius 1 is 1.23 bits per heavy atom. The van der Waals surface area contributed by atoms with E-state index in [1.54, 1.807) is 19.2 Å². The molecule has 4 aromatic rings. The van der Waals surface area contributed by atoms with Gasteiger partial charge in [-0.15, -0.1) is 0 Å². The minimum atomic E-state index is -1.31. The van der Waals surface area contributed by atoms with Crippen molar-refractivity contribution < 1.29 is 23.2 Å². The maximum atomic E-state index is 14.5. The molecule has 8 heteroatoms. The van der Waals surface area contributed by atoms with Crippen LogP contribution in [0.1, 0.15) is 54.4 Å². The molecule has 35 heavy (non-hydrogen) atoms. The Hall–Kier alpha value is -3.55. The van der Waals surface area contributed by atoms with Crippen LogP contribution in [0.2, 0.25) is 0 Å². The number of aromatic nitrogens is 3. The first-order valence-electron chi connectivity index (χ1n) is 11.8. The molecule has 1 fully saturated rings. The topological polar surface area (TPSA) is 81.2 Å². The van der Waals surface area contributed by atoms with E-state index < -0.39 is 17.5 Å². The van der Waals surface area contributed by atoms with Crippen molar-refractivity contribution in [1.82, 2.24) is 14.7 Å². The van der Waals surface area contributed by atoms with Gasteiger partial charge in [-0.3, -0.25) is 4.98 Å². The molecule has 0 amide bonds. The van der Waals surface area contributed by atoms with Crippen LogP contribution in [0.4, 0.5) is 8.78 Å². The lowest BCUT2D eigenvalue weighted by molar-refractivity contribution is 0.0692. The number of rotatable bonds is 5. The van der Waals surface area contributed by atoms with E-state index in [1.807, 2.05) is 26.1 Å². The molecule has 0 aliphatic heterocycles. The van der Waals surface area contributed by atoms with E-state index >= 15 is 0 Å². The van der Waals surface area contributed by atoms with Crippen molar-refractivity contribution in [3.05, 3.63) is 59.5 Å². The summed E-state index contributed by atoms with van der Waals surface area (Å²) in [5.74, 6) is -1.09. The summed E-state index contributed by atoms with van der Waals surface area (Å²) in [6.07, 6.45) is 6.34. The zero-order chi connectivity index (χ0) is 24.9. The number of hydrogen-bond donors (Lipinski definition) is 1. The SMILES string of the molecule is Cc1noc(C)c1-c1cnc2c(-c3ccc(C(=O)O)c(F)c3)cn(CC3CCC(C)(F)CC3)c2c1. The lowest BCUT2D eigenvalue weighted by Crippen LogP contribution is -2.27. The highest BCUT2D eigenvalue weighted by molar-refractivity contribution is 5.96. The number of aromatic carboxylic acids is 1. The predicted molar refractivity (Wildman–Crippen MR) is 129 cm³/mol. The van der Waals surface area contributed by atoms with Gasteiger partial charge in [-0.1, -0.05) is 11.2 Å². The average molecular weight is 480 g/mol. The fourth-order valence-electron chi connectivity index (χ4n) is 5.16. The van der Waals surface area contributed by atoms with Crippen LogP contribution in [-0.2, 0) is 6.54 Å². The molecule has 3 aromatic heterocycles. The summed E-state index contributed by atoms with van der Waals surface area (Å²) in [6, 6.07) is 6.15. The molecule has 0 unspecified atom stereocenters. The zero-order valence-corrected chi connectivity index (χ0v) is 19.9. The molecule has 6 nitrogen and oxygen atoms in total. The van der Waals surface area contributed by atoms with Crippen molar-refractivity contribution in [2.75, 3.05) is 0 Å². The molecule has 0 atom stereocenters. The molecule has 0 spiro atoms. The number of nitrogens with zero attached hydrogens (tertiary/aromatic N) is 3. The molecule has 0 bridgehead atoms. The van der Waals surface area contributed by atoms with Gasteiger partial charge in [0.25, 0.3) is 0 Å². The van der Waals surface area contributed by atoms with Crippen molar-refractivity contribution in [2.45, 2.75) is 58.7 Å². The summed E-state index contributed by atoms with van der Waals surface area (Å²) in [7, 11) is 0. The van der Waals surface area contributed by atoms with Gasteiger partial charge in [-0.25, -0.2) is 13.6 Å². The van der Waals surface area contributed by atoms with Crippen LogP contribution >= 0.6 is 0 Å². The Morgan fingerprint density at radius 2 is 1.97 bits per heavy atom. The predicted octanol–water partition coefficient (Wildman–Crippen LogP) is 6.73. The lowest BCUT2D eigenvalue weighted by atomic mass is 9.81. The van der Waals surface area contributed by atoms with Gasteiger partial charge in [0.15, 0.2) is 0 Å². The summed E-state index contributed by atoms with van der Waals surface area (Å²) < 4.78 is 36.3. The Bertz CT molecular complexity index is 1410. The number of alkyl halides is 1. The normalized spacial score (nSPS) is 20.4. The fourth-order valence-corrected chi connectivity index (χ4v) is 5.16. The van der Waals surface area contributed by atoms with Crippen molar-refractivity contribution in [3.8, 4) is 22.3 Å². The number of benzene rings is 1. The van der Waals surface area contributed by atoms with Crippen LogP contribution < -0.4 is 0 Å². The fraction of sp³-hybridized carbons (Fsp3) is 0.370. The van der Waals surface area contributed by atoms with Crippen LogP contribution in [0, 0.1) is 25.6 Å². The van der Waals surface area contributed by atoms with Crippen molar-refractivity contribution in [2.24, 2.45) is 5.92 Å². The van der Waals surface area contributed by atoms with Gasteiger partial charge in [0.2, 0.25) is 0 Å². The smallest absolute Gasteiger partial charge is 0.338 e. The summed E-state index contributed by atoms with van der Waals surface area (Å²) in [6.45, 7) is 6.09. The van der Waals surface area contributed by atoms with Gasteiger partial charge in [0.1, 0.15) is 17.2 Å². The molecular formula is C27H27F2N3O3. The van der Waals surface area contributed by atoms with E-state index in [2.05, 4.69) is 9.72 Å². The third-order valence-electron chi connectivity index (χ3n) is 7.15. The maximum absolute atomic E-state index is 14.5. The van der Waals surface area contributed by atoms with E-state index in [9.17, 15) is 18.7 Å². The van der Waals surface area contributed by atoms with Crippen LogP contribution in [0.15, 0.2) is 41.2 Å². The second kappa shape index (κ2) is 8.59. The highest BCUT2D eigenvalue weighted by atomic mass is 19.1. The van der Waals surface area contributed by atoms with Gasteiger partial charge >= 0.3 is 5.97 Å². The third-order valence-corrected chi connectivity index (χ3v) is 7.15. The Kier molecular flexibility index (Phi) is 5.69. The van der Waals surface area contributed by atoms with Gasteiger partial charge in [-0.2, -0.15) is 0 Å². The van der Waals surface area contributed by atoms with Crippen LogP contribution in [0.5, 0.6) is 0 Å². The second-order valence-electron chi connectivity index (χ2n) is 9.84. The van der Waals surface area contributed by atoms with Crippen LogP contribution in [-0.4, -0.2) is 31.5 Å². The summed E-state index contributed by atoms with van der Waals surface area (Å²) in [5.41, 5.74) is 3.86. The third kappa shape index (κ3) is 4.33. The first kappa shape index (κ1) is 23.2. The Labute approximate surface area is 201 Å². The van der Waals surface area contributed by atoms with Crippen LogP contribution in [0.25, 0.3) is 33.3 Å². The molecule has 1 aliphatic rings. The van der Waals surface area contributed by atoms with Crippen molar-refractivity contribution in [3.63, 3.8) is 0 Å². The van der Waals surface area contributed by atoms with Crippen molar-refractivity contribution in [1.29, 1.82) is 0 Å². The zero-order valence-electron chi connectivity index (χ0n) is 19.9. The first-order valence-corrected chi connectivity index (χ1v) is 11.8. The highest BCUT2D eigenvalue weighted by Gasteiger charge is 2.31. The van der Waals surface area contributed by atoms with E-state index in [4.69, 9.17) is 9.51 Å². The Morgan fingerprint density at radius 3 is 2.60 bits per heavy atom. The molecule has 0 saturated heterocycles. The number of carboxylic acids is 1. The van der Waals surface area contributed by atoms with Gasteiger partial charge in [0, 0.05) is 35.6 Å². The number of halogens is 2. The largest absolute Gasteiger partial charge is 0.478 e. The van der Waals surface area contributed by atoms with E-state index in [-0.39, 0.29) is 5.56 Å². The van der Waals surface area contributed by atoms with Gasteiger partial charge < -0.3 is 14.2 Å². The number of pyridine rings is 1. The standard InChI is InChI=1S/C27H27F2N3O3/c1-15-24(16(2)35-31-15)19-11-23-25(30-12-19)21(18-4-5-20(26(33)34)22(28)10-18)14-32(23)13-17-6-8-27(3,29)9-7-17/h4-5,10-12,14,17H,6-9,13H2,1-3H3,(H,33,34). The van der Waals surface area contributed by atoms with E-state index in [0.29, 0.717) is 47.7 Å². The average Bonchev–Trinajstić information content (AvgIpc) is 3.33. The van der Waals surface area contributed by atoms with Crippen molar-refractivity contribution >= 4 is 17.0 Å². The minimum Gasteiger partial charge on any atom is -0.478 e. The molecule has 1 N–H and O–H groups in total. The minimum absolute atomic E-state index is 0.316. The quantitative estimate of drug-likeness (QED) is 0.343. The summed E-state index contributed by atoms with van der Waals surface area (Å²) in [5, 5.41) is 13.2. The lowest BCUT2D eigenvalue weighted by Gasteiger charge is -2.31. The molecule has 1 aromatic carbocycles. The van der Waals surface area contributed by atoms with Gasteiger partial charge in [-0.05, 0) is 76.1 Å². The molecule has 1 saturated carbocycles. The molecular weight excluding hydrogens is 452 g/mol. The second-order valence-corrected chi connectivity index (χ2v) is 9.84. The van der Waals surface area contributed by atoms with E-state index in [1.165, 1.54) is 12.1 Å². The monoisotopic (exact) mass is 479 g/mol. The van der Waals surface area contributed by atoms with Crippen LogP contribution in [0.3, 0.4) is 0 Å². The highest BCUT2D eigenvalue weighted by Crippen LogP contribution is 2.38. The Balaban J connectivity index is 1.61. The number of aryl methyl sites for hydroxylation is 2. The first-order chi connectivity index (χ1) is 16.6. The summed E-state index contributed by atoms with van der Waals surface area (Å²) in [4.78, 5) is 16.0. The molecule has 1 aliphatic carbocycles. The molecule has 3 heterocycles. The number of carbonyl (C=O) groups is 1. The number of hydrogen-bond acceptors (Lipinski definition) is 4. The molecule has 182 valence electrons. The number of carboxylic acid groups (broad SMARTS) is 1. The summed E-state index contributed by atoms with van der Waals surface area (Å²) >= 11 is 0. The number of fused-ring (bicyclic) bond motifs is 1. The molecule has 0 radical (unpaired) electrons. The van der Waals surface area contributed by atoms with Gasteiger partial charge in [0.05, 0.1) is 22.3 Å².